The van der Waals surface area contributed by atoms with E-state index in [1.807, 2.05) is 0 Å². The molecule has 6 heteroatoms. The number of unbranched alkanes of at least 4 members (excludes halogenated alkanes) is 1. The fourth-order valence-electron chi connectivity index (χ4n) is 1.30. The van der Waals surface area contributed by atoms with E-state index in [0.717, 1.165) is 19.4 Å². The van der Waals surface area contributed by atoms with Crippen molar-refractivity contribution < 1.29 is 8.42 Å². The van der Waals surface area contributed by atoms with Crippen molar-refractivity contribution in [2.45, 2.75) is 24.7 Å². The van der Waals surface area contributed by atoms with Crippen molar-refractivity contribution in [2.75, 3.05) is 17.6 Å². The fraction of sp³-hybridized carbons (Fsp3) is 0.400. The van der Waals surface area contributed by atoms with Gasteiger partial charge in [-0.2, -0.15) is 0 Å². The molecule has 0 amide bonds. The lowest BCUT2D eigenvalue weighted by Crippen LogP contribution is -2.13. The third kappa shape index (κ3) is 3.71. The summed E-state index contributed by atoms with van der Waals surface area (Å²) in [4.78, 5) is 0.0338. The normalized spacial score (nSPS) is 11.4. The van der Waals surface area contributed by atoms with Gasteiger partial charge in [-0.05, 0) is 24.6 Å². The average Bonchev–Trinajstić information content (AvgIpc) is 2.16. The van der Waals surface area contributed by atoms with Crippen molar-refractivity contribution in [1.82, 2.24) is 0 Å². The first-order chi connectivity index (χ1) is 7.43. The standard InChI is InChI=1S/C10H17N3O2S/c1-2-3-4-13-9-5-8(11)6-10(7-9)16(12,14)15/h5-7,13H,2-4,11H2,1H3,(H2,12,14,15). The maximum absolute atomic E-state index is 11.2. The highest BCUT2D eigenvalue weighted by molar-refractivity contribution is 7.89. The molecule has 0 aliphatic heterocycles. The molecular weight excluding hydrogens is 226 g/mol. The van der Waals surface area contributed by atoms with Crippen molar-refractivity contribution >= 4 is 21.4 Å². The number of nitrogen functional groups attached to an aromatic ring is 1. The van der Waals surface area contributed by atoms with Crippen LogP contribution in [0.5, 0.6) is 0 Å². The van der Waals surface area contributed by atoms with Gasteiger partial charge in [-0.1, -0.05) is 13.3 Å². The van der Waals surface area contributed by atoms with Gasteiger partial charge in [0.2, 0.25) is 10.0 Å². The molecule has 0 saturated carbocycles. The van der Waals surface area contributed by atoms with E-state index in [9.17, 15) is 8.42 Å². The Balaban J connectivity index is 2.91. The highest BCUT2D eigenvalue weighted by atomic mass is 32.2. The van der Waals surface area contributed by atoms with Crippen LogP contribution < -0.4 is 16.2 Å². The number of hydrogen-bond donors (Lipinski definition) is 3. The molecule has 0 unspecified atom stereocenters. The molecule has 0 spiro atoms. The summed E-state index contributed by atoms with van der Waals surface area (Å²) in [6.07, 6.45) is 2.08. The first-order valence-corrected chi connectivity index (χ1v) is 6.65. The van der Waals surface area contributed by atoms with Gasteiger partial charge in [-0.3, -0.25) is 0 Å². The molecule has 0 bridgehead atoms. The largest absolute Gasteiger partial charge is 0.399 e. The third-order valence-corrected chi connectivity index (χ3v) is 3.01. The number of nitrogens with two attached hydrogens (primary N) is 2. The van der Waals surface area contributed by atoms with Gasteiger partial charge in [0.25, 0.3) is 0 Å². The van der Waals surface area contributed by atoms with Crippen LogP contribution in [0.1, 0.15) is 19.8 Å². The molecule has 0 atom stereocenters. The van der Waals surface area contributed by atoms with Crippen LogP contribution in [0.25, 0.3) is 0 Å². The molecule has 0 aliphatic carbocycles. The van der Waals surface area contributed by atoms with Crippen molar-refractivity contribution in [2.24, 2.45) is 5.14 Å². The van der Waals surface area contributed by atoms with E-state index in [2.05, 4.69) is 12.2 Å². The Hall–Kier alpha value is -1.27. The monoisotopic (exact) mass is 243 g/mol. The molecule has 0 aliphatic rings. The van der Waals surface area contributed by atoms with Crippen molar-refractivity contribution in [3.8, 4) is 0 Å². The van der Waals surface area contributed by atoms with Crippen molar-refractivity contribution in [3.63, 3.8) is 0 Å². The second-order valence-electron chi connectivity index (χ2n) is 3.62. The zero-order chi connectivity index (χ0) is 12.2. The number of primary sulfonamides is 1. The van der Waals surface area contributed by atoms with Crippen LogP contribution in [0.3, 0.4) is 0 Å². The first-order valence-electron chi connectivity index (χ1n) is 5.10. The summed E-state index contributed by atoms with van der Waals surface area (Å²) in [6.45, 7) is 2.86. The van der Waals surface area contributed by atoms with E-state index in [4.69, 9.17) is 10.9 Å². The lowest BCUT2D eigenvalue weighted by Gasteiger charge is -2.08. The Kier molecular flexibility index (Phi) is 4.14. The Morgan fingerprint density at radius 2 is 2.00 bits per heavy atom. The summed E-state index contributed by atoms with van der Waals surface area (Å²) < 4.78 is 22.3. The topological polar surface area (TPSA) is 98.2 Å². The van der Waals surface area contributed by atoms with Gasteiger partial charge in [-0.15, -0.1) is 0 Å². The third-order valence-electron chi connectivity index (χ3n) is 2.12. The van der Waals surface area contributed by atoms with Gasteiger partial charge in [0.1, 0.15) is 0 Å². The van der Waals surface area contributed by atoms with Crippen LogP contribution in [0, 0.1) is 0 Å². The summed E-state index contributed by atoms with van der Waals surface area (Å²) in [5.74, 6) is 0. The summed E-state index contributed by atoms with van der Waals surface area (Å²) in [5, 5.41) is 8.14. The van der Waals surface area contributed by atoms with Gasteiger partial charge in [0.05, 0.1) is 4.90 Å². The number of hydrogen-bond acceptors (Lipinski definition) is 4. The van der Waals surface area contributed by atoms with Crippen LogP contribution in [0.2, 0.25) is 0 Å². The fourth-order valence-corrected chi connectivity index (χ4v) is 1.89. The summed E-state index contributed by atoms with van der Waals surface area (Å²) in [6, 6.07) is 4.52. The molecule has 0 saturated heterocycles. The van der Waals surface area contributed by atoms with E-state index in [-0.39, 0.29) is 4.90 Å². The lowest BCUT2D eigenvalue weighted by atomic mass is 10.2. The van der Waals surface area contributed by atoms with Crippen molar-refractivity contribution in [3.05, 3.63) is 18.2 Å². The molecule has 0 aromatic heterocycles. The molecule has 1 rings (SSSR count). The minimum Gasteiger partial charge on any atom is -0.399 e. The van der Waals surface area contributed by atoms with E-state index in [0.29, 0.717) is 11.4 Å². The van der Waals surface area contributed by atoms with E-state index in [1.165, 1.54) is 12.1 Å². The SMILES string of the molecule is CCCCNc1cc(N)cc(S(N)(=O)=O)c1. The molecule has 1 aromatic rings. The van der Waals surface area contributed by atoms with E-state index < -0.39 is 10.0 Å². The van der Waals surface area contributed by atoms with E-state index >= 15 is 0 Å². The Bertz CT molecular complexity index is 457. The maximum atomic E-state index is 11.2. The molecule has 5 nitrogen and oxygen atoms in total. The van der Waals surface area contributed by atoms with Gasteiger partial charge in [-0.25, -0.2) is 13.6 Å². The van der Waals surface area contributed by atoms with Gasteiger partial charge in [0, 0.05) is 17.9 Å². The molecule has 5 N–H and O–H groups in total. The lowest BCUT2D eigenvalue weighted by molar-refractivity contribution is 0.598. The van der Waals surface area contributed by atoms with Gasteiger partial charge >= 0.3 is 0 Å². The molecule has 0 fully saturated rings. The second kappa shape index (κ2) is 5.18. The highest BCUT2D eigenvalue weighted by Gasteiger charge is 2.09. The smallest absolute Gasteiger partial charge is 0.238 e. The summed E-state index contributed by atoms with van der Waals surface area (Å²) in [7, 11) is -3.70. The minimum absolute atomic E-state index is 0.0338. The number of rotatable bonds is 5. The number of anilines is 2. The predicted octanol–water partition coefficient (Wildman–Crippen LogP) is 1.13. The molecule has 0 heterocycles. The number of nitrogens with one attached hydrogen (secondary N) is 1. The van der Waals surface area contributed by atoms with E-state index in [1.54, 1.807) is 6.07 Å². The molecule has 1 aromatic carbocycles. The minimum atomic E-state index is -3.70. The predicted molar refractivity (Wildman–Crippen MR) is 65.6 cm³/mol. The van der Waals surface area contributed by atoms with Gasteiger partial charge in [0.15, 0.2) is 0 Å². The zero-order valence-corrected chi connectivity index (χ0v) is 10.0. The zero-order valence-electron chi connectivity index (χ0n) is 9.23. The quantitative estimate of drug-likeness (QED) is 0.533. The summed E-state index contributed by atoms with van der Waals surface area (Å²) in [5.41, 5.74) is 6.66. The van der Waals surface area contributed by atoms with Crippen LogP contribution in [-0.4, -0.2) is 15.0 Å². The molecular formula is C10H17N3O2S. The van der Waals surface area contributed by atoms with Crippen LogP contribution in [0.15, 0.2) is 23.1 Å². The molecule has 0 radical (unpaired) electrons. The Morgan fingerprint density at radius 1 is 1.31 bits per heavy atom. The number of benzene rings is 1. The maximum Gasteiger partial charge on any atom is 0.238 e. The Morgan fingerprint density at radius 3 is 2.56 bits per heavy atom. The van der Waals surface area contributed by atoms with Crippen LogP contribution in [-0.2, 0) is 10.0 Å². The van der Waals surface area contributed by atoms with Crippen molar-refractivity contribution in [1.29, 1.82) is 0 Å². The van der Waals surface area contributed by atoms with Crippen LogP contribution in [0.4, 0.5) is 11.4 Å². The first kappa shape index (κ1) is 12.8. The second-order valence-corrected chi connectivity index (χ2v) is 5.18. The van der Waals surface area contributed by atoms with Crippen LogP contribution >= 0.6 is 0 Å². The Labute approximate surface area is 95.9 Å². The summed E-state index contributed by atoms with van der Waals surface area (Å²) >= 11 is 0. The average molecular weight is 243 g/mol. The number of sulfonamides is 1. The molecule has 90 valence electrons. The van der Waals surface area contributed by atoms with Gasteiger partial charge < -0.3 is 11.1 Å². The highest BCUT2D eigenvalue weighted by Crippen LogP contribution is 2.19. The molecule has 16 heavy (non-hydrogen) atoms.